The van der Waals surface area contributed by atoms with Gasteiger partial charge in [0.15, 0.2) is 0 Å². The summed E-state index contributed by atoms with van der Waals surface area (Å²) in [6.07, 6.45) is 1.57. The van der Waals surface area contributed by atoms with Crippen molar-refractivity contribution >= 4 is 0 Å². The van der Waals surface area contributed by atoms with Crippen LogP contribution >= 0.6 is 0 Å². The van der Waals surface area contributed by atoms with Gasteiger partial charge in [0, 0.05) is 20.8 Å². The van der Waals surface area contributed by atoms with Gasteiger partial charge in [0.1, 0.15) is 0 Å². The lowest BCUT2D eigenvalue weighted by molar-refractivity contribution is -0.0500. The van der Waals surface area contributed by atoms with E-state index in [0.717, 1.165) is 19.5 Å². The minimum atomic E-state index is 0.235. The molecule has 60 valence electrons. The molecule has 0 aromatic carbocycles. The second-order valence-corrected chi connectivity index (χ2v) is 2.54. The van der Waals surface area contributed by atoms with Gasteiger partial charge in [-0.05, 0) is 13.0 Å². The molecule has 0 amide bonds. The third-order valence-corrected chi connectivity index (χ3v) is 1.97. The monoisotopic (exact) mass is 145 g/mol. The Morgan fingerprint density at radius 2 is 1.90 bits per heavy atom. The molecule has 0 aromatic heterocycles. The maximum Gasteiger partial charge on any atom is 0.0957 e. The summed E-state index contributed by atoms with van der Waals surface area (Å²) in [5, 5.41) is 3.25. The largest absolute Gasteiger partial charge is 0.379 e. The second kappa shape index (κ2) is 3.91. The zero-order chi connectivity index (χ0) is 7.40. The van der Waals surface area contributed by atoms with Crippen molar-refractivity contribution in [1.82, 2.24) is 5.32 Å². The summed E-state index contributed by atoms with van der Waals surface area (Å²) in [6.45, 7) is 1.95. The van der Waals surface area contributed by atoms with Crippen LogP contribution in [0.1, 0.15) is 6.42 Å². The van der Waals surface area contributed by atoms with Crippen LogP contribution in [0.2, 0.25) is 0 Å². The van der Waals surface area contributed by atoms with E-state index in [1.165, 1.54) is 0 Å². The first-order valence-electron chi connectivity index (χ1n) is 3.64. The summed E-state index contributed by atoms with van der Waals surface area (Å²) in [6, 6.07) is 0. The lowest BCUT2D eigenvalue weighted by Gasteiger charge is -2.29. The minimum Gasteiger partial charge on any atom is -0.379 e. The number of hydrogen-bond acceptors (Lipinski definition) is 3. The summed E-state index contributed by atoms with van der Waals surface area (Å²) in [5.74, 6) is 0. The first kappa shape index (κ1) is 7.98. The van der Waals surface area contributed by atoms with Gasteiger partial charge in [0.25, 0.3) is 0 Å². The van der Waals surface area contributed by atoms with Crippen molar-refractivity contribution in [2.24, 2.45) is 0 Å². The highest BCUT2D eigenvalue weighted by atomic mass is 16.5. The van der Waals surface area contributed by atoms with Crippen LogP contribution in [0.3, 0.4) is 0 Å². The fourth-order valence-corrected chi connectivity index (χ4v) is 1.31. The van der Waals surface area contributed by atoms with E-state index in [4.69, 9.17) is 9.47 Å². The SMILES string of the molecule is CO[C@H]1CNCC[C@H]1OC. The van der Waals surface area contributed by atoms with Crippen LogP contribution in [0.25, 0.3) is 0 Å². The van der Waals surface area contributed by atoms with E-state index in [1.807, 2.05) is 0 Å². The standard InChI is InChI=1S/C7H15NO2/c1-9-6-3-4-8-5-7(6)10-2/h6-8H,3-5H2,1-2H3/t6-,7+/m1/s1. The van der Waals surface area contributed by atoms with Crippen molar-refractivity contribution in [2.75, 3.05) is 27.3 Å². The highest BCUT2D eigenvalue weighted by Crippen LogP contribution is 2.09. The molecule has 1 saturated heterocycles. The van der Waals surface area contributed by atoms with Gasteiger partial charge >= 0.3 is 0 Å². The molecule has 3 nitrogen and oxygen atoms in total. The normalized spacial score (nSPS) is 34.2. The van der Waals surface area contributed by atoms with E-state index in [9.17, 15) is 0 Å². The fourth-order valence-electron chi connectivity index (χ4n) is 1.31. The van der Waals surface area contributed by atoms with E-state index in [-0.39, 0.29) is 12.2 Å². The first-order chi connectivity index (χ1) is 4.88. The lowest BCUT2D eigenvalue weighted by Crippen LogP contribution is -2.45. The van der Waals surface area contributed by atoms with Crippen LogP contribution in [0.15, 0.2) is 0 Å². The molecule has 1 rings (SSSR count). The van der Waals surface area contributed by atoms with Gasteiger partial charge in [0.2, 0.25) is 0 Å². The third kappa shape index (κ3) is 1.68. The molecule has 3 heteroatoms. The molecule has 1 N–H and O–H groups in total. The highest BCUT2D eigenvalue weighted by Gasteiger charge is 2.23. The molecule has 0 unspecified atom stereocenters. The van der Waals surface area contributed by atoms with E-state index >= 15 is 0 Å². The molecule has 0 aliphatic carbocycles. The van der Waals surface area contributed by atoms with Gasteiger partial charge in [0.05, 0.1) is 12.2 Å². The Labute approximate surface area is 61.7 Å². The Hall–Kier alpha value is -0.120. The average Bonchev–Trinajstić information content (AvgIpc) is 2.04. The molecule has 1 aliphatic rings. The molecule has 1 fully saturated rings. The van der Waals surface area contributed by atoms with Crippen LogP contribution in [-0.2, 0) is 9.47 Å². The fraction of sp³-hybridized carbons (Fsp3) is 1.00. The van der Waals surface area contributed by atoms with E-state index in [0.29, 0.717) is 0 Å². The maximum atomic E-state index is 5.23. The van der Waals surface area contributed by atoms with E-state index in [1.54, 1.807) is 14.2 Å². The highest BCUT2D eigenvalue weighted by molar-refractivity contribution is 4.78. The molecule has 0 bridgehead atoms. The number of rotatable bonds is 2. The Bertz CT molecular complexity index is 85.6. The van der Waals surface area contributed by atoms with Crippen LogP contribution in [0.5, 0.6) is 0 Å². The summed E-state index contributed by atoms with van der Waals surface area (Å²) < 4.78 is 10.4. The summed E-state index contributed by atoms with van der Waals surface area (Å²) in [7, 11) is 3.46. The van der Waals surface area contributed by atoms with Crippen molar-refractivity contribution in [1.29, 1.82) is 0 Å². The molecule has 1 aliphatic heterocycles. The Morgan fingerprint density at radius 3 is 2.40 bits per heavy atom. The number of methoxy groups -OCH3 is 2. The first-order valence-corrected chi connectivity index (χ1v) is 3.64. The van der Waals surface area contributed by atoms with Crippen molar-refractivity contribution in [2.45, 2.75) is 18.6 Å². The smallest absolute Gasteiger partial charge is 0.0957 e. The topological polar surface area (TPSA) is 30.5 Å². The molecular formula is C7H15NO2. The van der Waals surface area contributed by atoms with Crippen molar-refractivity contribution in [3.05, 3.63) is 0 Å². The van der Waals surface area contributed by atoms with Crippen molar-refractivity contribution < 1.29 is 9.47 Å². The predicted octanol–water partition coefficient (Wildman–Crippen LogP) is 0.00970. The molecular weight excluding hydrogens is 130 g/mol. The van der Waals surface area contributed by atoms with Gasteiger partial charge in [-0.2, -0.15) is 0 Å². The average molecular weight is 145 g/mol. The van der Waals surface area contributed by atoms with Crippen LogP contribution in [0.4, 0.5) is 0 Å². The van der Waals surface area contributed by atoms with Crippen molar-refractivity contribution in [3.63, 3.8) is 0 Å². The third-order valence-electron chi connectivity index (χ3n) is 1.97. The van der Waals surface area contributed by atoms with Crippen molar-refractivity contribution in [3.8, 4) is 0 Å². The summed E-state index contributed by atoms with van der Waals surface area (Å²) in [5.41, 5.74) is 0. The van der Waals surface area contributed by atoms with Gasteiger partial charge in [-0.15, -0.1) is 0 Å². The van der Waals surface area contributed by atoms with Crippen LogP contribution in [-0.4, -0.2) is 39.5 Å². The van der Waals surface area contributed by atoms with E-state index in [2.05, 4.69) is 5.32 Å². The molecule has 0 radical (unpaired) electrons. The predicted molar refractivity (Wildman–Crippen MR) is 39.1 cm³/mol. The second-order valence-electron chi connectivity index (χ2n) is 2.54. The number of hydrogen-bond donors (Lipinski definition) is 1. The number of nitrogens with one attached hydrogen (secondary N) is 1. The quantitative estimate of drug-likeness (QED) is 0.593. The molecule has 0 spiro atoms. The molecule has 10 heavy (non-hydrogen) atoms. The molecule has 2 atom stereocenters. The minimum absolute atomic E-state index is 0.235. The summed E-state index contributed by atoms with van der Waals surface area (Å²) in [4.78, 5) is 0. The van der Waals surface area contributed by atoms with Gasteiger partial charge in [-0.3, -0.25) is 0 Å². The van der Waals surface area contributed by atoms with Crippen LogP contribution in [0, 0.1) is 0 Å². The Kier molecular flexibility index (Phi) is 3.12. The zero-order valence-corrected chi connectivity index (χ0v) is 6.59. The molecule has 0 saturated carbocycles. The van der Waals surface area contributed by atoms with E-state index < -0.39 is 0 Å². The molecule has 0 aromatic rings. The van der Waals surface area contributed by atoms with Crippen LogP contribution < -0.4 is 5.32 Å². The zero-order valence-electron chi connectivity index (χ0n) is 6.59. The lowest BCUT2D eigenvalue weighted by atomic mass is 10.1. The maximum absolute atomic E-state index is 5.23. The van der Waals surface area contributed by atoms with Gasteiger partial charge < -0.3 is 14.8 Å². The summed E-state index contributed by atoms with van der Waals surface area (Å²) >= 11 is 0. The Balaban J connectivity index is 2.34. The Morgan fingerprint density at radius 1 is 1.20 bits per heavy atom. The number of ether oxygens (including phenoxy) is 2. The molecule has 1 heterocycles. The van der Waals surface area contributed by atoms with Gasteiger partial charge in [-0.25, -0.2) is 0 Å². The van der Waals surface area contributed by atoms with Gasteiger partial charge in [-0.1, -0.05) is 0 Å². The number of piperidine rings is 1.